The first kappa shape index (κ1) is 18.4. The SMILES string of the molecule is O=C(O)CC1CCN(C(=O)c2sc(-c3ccco3)nc2-c2ccccc2)CC1. The number of rotatable bonds is 5. The number of hydrogen-bond acceptors (Lipinski definition) is 5. The molecule has 28 heavy (non-hydrogen) atoms. The van der Waals surface area contributed by atoms with E-state index in [1.165, 1.54) is 11.3 Å². The van der Waals surface area contributed by atoms with Crippen LogP contribution in [-0.2, 0) is 4.79 Å². The van der Waals surface area contributed by atoms with Crippen LogP contribution in [0.3, 0.4) is 0 Å². The van der Waals surface area contributed by atoms with E-state index in [0.29, 0.717) is 47.3 Å². The lowest BCUT2D eigenvalue weighted by Gasteiger charge is -2.31. The number of piperidine rings is 1. The Morgan fingerprint density at radius 3 is 2.54 bits per heavy atom. The van der Waals surface area contributed by atoms with Crippen molar-refractivity contribution in [1.29, 1.82) is 0 Å². The zero-order valence-electron chi connectivity index (χ0n) is 15.2. The van der Waals surface area contributed by atoms with Gasteiger partial charge in [0, 0.05) is 25.1 Å². The summed E-state index contributed by atoms with van der Waals surface area (Å²) in [4.78, 5) is 31.3. The third kappa shape index (κ3) is 3.84. The predicted octanol–water partition coefficient (Wildman–Crippen LogP) is 4.40. The van der Waals surface area contributed by atoms with Crippen LogP contribution in [-0.4, -0.2) is 40.0 Å². The lowest BCUT2D eigenvalue weighted by molar-refractivity contribution is -0.138. The molecule has 1 aliphatic heterocycles. The van der Waals surface area contributed by atoms with Crippen molar-refractivity contribution in [3.8, 4) is 22.0 Å². The minimum Gasteiger partial charge on any atom is -0.481 e. The Morgan fingerprint density at radius 1 is 1.14 bits per heavy atom. The van der Waals surface area contributed by atoms with Gasteiger partial charge in [-0.2, -0.15) is 0 Å². The lowest BCUT2D eigenvalue weighted by atomic mass is 9.93. The molecule has 1 fully saturated rings. The number of carboxylic acids is 1. The number of carbonyl (C=O) groups is 2. The predicted molar refractivity (Wildman–Crippen MR) is 106 cm³/mol. The van der Waals surface area contributed by atoms with Crippen molar-refractivity contribution < 1.29 is 19.1 Å². The highest BCUT2D eigenvalue weighted by Gasteiger charge is 2.29. The van der Waals surface area contributed by atoms with Crippen LogP contribution in [0.15, 0.2) is 53.1 Å². The summed E-state index contributed by atoms with van der Waals surface area (Å²) in [5, 5.41) is 9.65. The highest BCUT2D eigenvalue weighted by molar-refractivity contribution is 7.17. The number of aliphatic carboxylic acids is 1. The molecule has 7 heteroatoms. The summed E-state index contributed by atoms with van der Waals surface area (Å²) in [7, 11) is 0. The van der Waals surface area contributed by atoms with E-state index in [-0.39, 0.29) is 18.2 Å². The Hall–Kier alpha value is -2.93. The molecule has 1 N–H and O–H groups in total. The summed E-state index contributed by atoms with van der Waals surface area (Å²) < 4.78 is 5.47. The van der Waals surface area contributed by atoms with Crippen LogP contribution >= 0.6 is 11.3 Å². The third-order valence-corrected chi connectivity index (χ3v) is 6.02. The zero-order valence-corrected chi connectivity index (χ0v) is 16.0. The zero-order chi connectivity index (χ0) is 19.5. The van der Waals surface area contributed by atoms with Gasteiger partial charge in [-0.1, -0.05) is 30.3 Å². The van der Waals surface area contributed by atoms with Crippen LogP contribution in [0.2, 0.25) is 0 Å². The molecular weight excluding hydrogens is 376 g/mol. The minimum atomic E-state index is -0.776. The van der Waals surface area contributed by atoms with Crippen molar-refractivity contribution in [3.63, 3.8) is 0 Å². The summed E-state index contributed by atoms with van der Waals surface area (Å²) in [5.41, 5.74) is 1.55. The maximum Gasteiger partial charge on any atom is 0.303 e. The minimum absolute atomic E-state index is 0.0528. The fourth-order valence-electron chi connectivity index (χ4n) is 3.49. The van der Waals surface area contributed by atoms with E-state index in [1.807, 2.05) is 41.3 Å². The first-order valence-corrected chi connectivity index (χ1v) is 10.0. The molecule has 1 aliphatic rings. The number of benzene rings is 1. The number of thiazole rings is 1. The van der Waals surface area contributed by atoms with Gasteiger partial charge in [0.1, 0.15) is 4.88 Å². The topological polar surface area (TPSA) is 83.6 Å². The summed E-state index contributed by atoms with van der Waals surface area (Å²) in [6, 6.07) is 13.3. The fourth-order valence-corrected chi connectivity index (χ4v) is 4.52. The average molecular weight is 396 g/mol. The van der Waals surface area contributed by atoms with Crippen LogP contribution in [0.5, 0.6) is 0 Å². The van der Waals surface area contributed by atoms with E-state index in [0.717, 1.165) is 5.56 Å². The lowest BCUT2D eigenvalue weighted by Crippen LogP contribution is -2.38. The largest absolute Gasteiger partial charge is 0.481 e. The average Bonchev–Trinajstić information content (AvgIpc) is 3.38. The normalized spacial score (nSPS) is 14.9. The highest BCUT2D eigenvalue weighted by atomic mass is 32.1. The monoisotopic (exact) mass is 396 g/mol. The molecule has 0 aliphatic carbocycles. The molecule has 6 nitrogen and oxygen atoms in total. The summed E-state index contributed by atoms with van der Waals surface area (Å²) in [5.74, 6) is -0.0543. The quantitative estimate of drug-likeness (QED) is 0.691. The number of amides is 1. The first-order valence-electron chi connectivity index (χ1n) is 9.23. The van der Waals surface area contributed by atoms with Gasteiger partial charge in [-0.25, -0.2) is 4.98 Å². The molecule has 0 saturated carbocycles. The van der Waals surface area contributed by atoms with Gasteiger partial charge >= 0.3 is 5.97 Å². The van der Waals surface area contributed by atoms with Crippen molar-refractivity contribution in [2.75, 3.05) is 13.1 Å². The summed E-state index contributed by atoms with van der Waals surface area (Å²) in [6.45, 7) is 1.14. The molecule has 3 heterocycles. The van der Waals surface area contributed by atoms with Crippen molar-refractivity contribution in [2.45, 2.75) is 19.3 Å². The van der Waals surface area contributed by atoms with Gasteiger partial charge in [-0.15, -0.1) is 11.3 Å². The molecule has 3 aromatic rings. The number of furan rings is 1. The number of likely N-dealkylation sites (tertiary alicyclic amines) is 1. The highest BCUT2D eigenvalue weighted by Crippen LogP contribution is 2.35. The van der Waals surface area contributed by atoms with Gasteiger partial charge in [-0.05, 0) is 30.9 Å². The van der Waals surface area contributed by atoms with E-state index in [4.69, 9.17) is 14.5 Å². The van der Waals surface area contributed by atoms with Crippen LogP contribution in [0.25, 0.3) is 22.0 Å². The van der Waals surface area contributed by atoms with Crippen molar-refractivity contribution in [1.82, 2.24) is 9.88 Å². The number of nitrogens with zero attached hydrogens (tertiary/aromatic N) is 2. The number of aromatic nitrogens is 1. The molecule has 1 amide bonds. The Labute approximate surface area is 166 Å². The molecule has 1 saturated heterocycles. The maximum atomic E-state index is 13.3. The fraction of sp³-hybridized carbons (Fsp3) is 0.286. The Bertz CT molecular complexity index is 958. The second kappa shape index (κ2) is 7.98. The van der Waals surface area contributed by atoms with E-state index >= 15 is 0 Å². The second-order valence-electron chi connectivity index (χ2n) is 6.87. The van der Waals surface area contributed by atoms with Gasteiger partial charge in [0.05, 0.1) is 12.0 Å². The van der Waals surface area contributed by atoms with E-state index in [9.17, 15) is 9.59 Å². The van der Waals surface area contributed by atoms with Crippen LogP contribution in [0.1, 0.15) is 28.9 Å². The maximum absolute atomic E-state index is 13.3. The standard InChI is InChI=1S/C21H20N2O4S/c24-17(25)13-14-8-10-23(11-9-14)21(26)19-18(15-5-2-1-3-6-15)22-20(28-19)16-7-4-12-27-16/h1-7,12,14H,8-11,13H2,(H,24,25). The van der Waals surface area contributed by atoms with Crippen molar-refractivity contribution in [3.05, 3.63) is 53.6 Å². The Morgan fingerprint density at radius 2 is 1.89 bits per heavy atom. The van der Waals surface area contributed by atoms with Crippen LogP contribution < -0.4 is 0 Å². The molecule has 0 unspecified atom stereocenters. The molecule has 2 aromatic heterocycles. The van der Waals surface area contributed by atoms with Gasteiger partial charge in [0.15, 0.2) is 10.8 Å². The number of carbonyl (C=O) groups excluding carboxylic acids is 1. The molecule has 0 spiro atoms. The van der Waals surface area contributed by atoms with E-state index in [2.05, 4.69) is 0 Å². The van der Waals surface area contributed by atoms with E-state index < -0.39 is 5.97 Å². The molecule has 0 atom stereocenters. The Balaban J connectivity index is 1.61. The smallest absolute Gasteiger partial charge is 0.303 e. The number of hydrogen-bond donors (Lipinski definition) is 1. The summed E-state index contributed by atoms with van der Waals surface area (Å²) >= 11 is 1.34. The van der Waals surface area contributed by atoms with Crippen molar-refractivity contribution >= 4 is 23.2 Å². The van der Waals surface area contributed by atoms with Crippen LogP contribution in [0, 0.1) is 5.92 Å². The Kier molecular flexibility index (Phi) is 5.25. The van der Waals surface area contributed by atoms with Gasteiger partial charge < -0.3 is 14.4 Å². The molecule has 4 rings (SSSR count). The van der Waals surface area contributed by atoms with Crippen LogP contribution in [0.4, 0.5) is 0 Å². The van der Waals surface area contributed by atoms with Crippen molar-refractivity contribution in [2.24, 2.45) is 5.92 Å². The molecule has 0 radical (unpaired) electrons. The molecular formula is C21H20N2O4S. The first-order chi connectivity index (χ1) is 13.6. The molecule has 1 aromatic carbocycles. The third-order valence-electron chi connectivity index (χ3n) is 4.97. The van der Waals surface area contributed by atoms with Gasteiger partial charge in [0.25, 0.3) is 5.91 Å². The van der Waals surface area contributed by atoms with Gasteiger partial charge in [0.2, 0.25) is 0 Å². The molecule has 144 valence electrons. The molecule has 0 bridgehead atoms. The van der Waals surface area contributed by atoms with Gasteiger partial charge in [-0.3, -0.25) is 9.59 Å². The van der Waals surface area contributed by atoms with E-state index in [1.54, 1.807) is 12.3 Å². The second-order valence-corrected chi connectivity index (χ2v) is 7.87. The summed E-state index contributed by atoms with van der Waals surface area (Å²) in [6.07, 6.45) is 3.18. The number of carboxylic acid groups (broad SMARTS) is 1.